The highest BCUT2D eigenvalue weighted by atomic mass is 35.5. The molecule has 0 spiro atoms. The molecule has 0 aliphatic rings. The molecule has 0 aliphatic heterocycles. The maximum atomic E-state index is 13.3. The molecule has 1 atom stereocenters. The second kappa shape index (κ2) is 13.8. The molecule has 2 amide bonds. The molecule has 174 valence electrons. The van der Waals surface area contributed by atoms with Gasteiger partial charge >= 0.3 is 0 Å². The second-order valence-corrected chi connectivity index (χ2v) is 9.64. The van der Waals surface area contributed by atoms with Crippen LogP contribution in [-0.2, 0) is 21.9 Å². The van der Waals surface area contributed by atoms with Crippen molar-refractivity contribution >= 4 is 46.8 Å². The quantitative estimate of drug-likeness (QED) is 0.354. The molecule has 7 heteroatoms. The van der Waals surface area contributed by atoms with E-state index in [0.29, 0.717) is 23.0 Å². The lowest BCUT2D eigenvalue weighted by atomic mass is 10.1. The largest absolute Gasteiger partial charge is 0.354 e. The number of nitrogens with zero attached hydrogens (tertiary/aromatic N) is 1. The first-order chi connectivity index (χ1) is 15.3. The Hall–Kier alpha value is -1.69. The highest BCUT2D eigenvalue weighted by Gasteiger charge is 2.28. The lowest BCUT2D eigenvalue weighted by molar-refractivity contribution is -0.139. The van der Waals surface area contributed by atoms with Crippen molar-refractivity contribution in [1.82, 2.24) is 10.2 Å². The van der Waals surface area contributed by atoms with Crippen molar-refractivity contribution in [3.05, 3.63) is 69.2 Å². The number of rotatable bonds is 12. The Balaban J connectivity index is 2.15. The number of halogens is 2. The third-order valence-electron chi connectivity index (χ3n) is 5.15. The van der Waals surface area contributed by atoms with Crippen LogP contribution in [0.1, 0.15) is 49.8 Å². The molecule has 2 aromatic rings. The van der Waals surface area contributed by atoms with Crippen LogP contribution >= 0.6 is 35.0 Å². The van der Waals surface area contributed by atoms with Crippen LogP contribution in [0.2, 0.25) is 10.0 Å². The van der Waals surface area contributed by atoms with E-state index in [2.05, 4.69) is 37.4 Å². The number of thioether (sulfide) groups is 1. The summed E-state index contributed by atoms with van der Waals surface area (Å²) in [6.07, 6.45) is 2.43. The van der Waals surface area contributed by atoms with Crippen molar-refractivity contribution in [3.8, 4) is 0 Å². The van der Waals surface area contributed by atoms with E-state index in [1.807, 2.05) is 19.1 Å². The zero-order valence-corrected chi connectivity index (χ0v) is 21.3. The third kappa shape index (κ3) is 8.34. The number of nitrogens with one attached hydrogen (secondary N) is 1. The summed E-state index contributed by atoms with van der Waals surface area (Å²) >= 11 is 14.0. The predicted octanol–water partition coefficient (Wildman–Crippen LogP) is 6.26. The van der Waals surface area contributed by atoms with Crippen LogP contribution in [-0.4, -0.2) is 35.1 Å². The Bertz CT molecular complexity index is 907. The summed E-state index contributed by atoms with van der Waals surface area (Å²) in [4.78, 5) is 27.8. The van der Waals surface area contributed by atoms with Gasteiger partial charge in [0.1, 0.15) is 6.04 Å². The fourth-order valence-electron chi connectivity index (χ4n) is 3.40. The molecule has 0 unspecified atom stereocenters. The SMILES string of the molecule is CCCCNC(=O)[C@@H](CC)N(Cc1ccc(Cl)cc1Cl)C(=O)CSCc1cccc(C)c1. The average molecular weight is 496 g/mol. The molecule has 4 nitrogen and oxygen atoms in total. The van der Waals surface area contributed by atoms with E-state index in [-0.39, 0.29) is 24.1 Å². The average Bonchev–Trinajstić information content (AvgIpc) is 2.75. The summed E-state index contributed by atoms with van der Waals surface area (Å²) in [5.74, 6) is 0.828. The van der Waals surface area contributed by atoms with Crippen LogP contribution in [0.5, 0.6) is 0 Å². The molecule has 0 aliphatic carbocycles. The van der Waals surface area contributed by atoms with E-state index in [1.54, 1.807) is 28.8 Å². The van der Waals surface area contributed by atoms with Gasteiger partial charge in [-0.3, -0.25) is 9.59 Å². The minimum atomic E-state index is -0.550. The van der Waals surface area contributed by atoms with Gasteiger partial charge in [-0.05, 0) is 43.0 Å². The molecule has 0 saturated carbocycles. The van der Waals surface area contributed by atoms with Gasteiger partial charge in [-0.1, -0.05) is 79.4 Å². The van der Waals surface area contributed by atoms with Crippen LogP contribution in [0.15, 0.2) is 42.5 Å². The highest BCUT2D eigenvalue weighted by Crippen LogP contribution is 2.24. The summed E-state index contributed by atoms with van der Waals surface area (Å²) in [6, 6.07) is 12.9. The molecular formula is C25H32Cl2N2O2S. The van der Waals surface area contributed by atoms with Crippen molar-refractivity contribution in [2.45, 2.75) is 58.4 Å². The van der Waals surface area contributed by atoms with E-state index in [0.717, 1.165) is 24.2 Å². The fraction of sp³-hybridized carbons (Fsp3) is 0.440. The molecule has 0 bridgehead atoms. The minimum absolute atomic E-state index is 0.0776. The maximum Gasteiger partial charge on any atom is 0.242 e. The van der Waals surface area contributed by atoms with Crippen molar-refractivity contribution in [3.63, 3.8) is 0 Å². The third-order valence-corrected chi connectivity index (χ3v) is 6.72. The topological polar surface area (TPSA) is 49.4 Å². The molecule has 1 N–H and O–H groups in total. The summed E-state index contributed by atoms with van der Waals surface area (Å²) in [6.45, 7) is 6.93. The Labute approximate surface area is 206 Å². The van der Waals surface area contributed by atoms with Gasteiger partial charge in [-0.25, -0.2) is 0 Å². The van der Waals surface area contributed by atoms with Gasteiger partial charge in [-0.2, -0.15) is 0 Å². The molecule has 0 heterocycles. The van der Waals surface area contributed by atoms with Gasteiger partial charge in [-0.15, -0.1) is 11.8 Å². The summed E-state index contributed by atoms with van der Waals surface area (Å²) in [5, 5.41) is 4.00. The summed E-state index contributed by atoms with van der Waals surface area (Å²) < 4.78 is 0. The Morgan fingerprint density at radius 1 is 1.12 bits per heavy atom. The molecule has 0 saturated heterocycles. The van der Waals surface area contributed by atoms with Crippen LogP contribution < -0.4 is 5.32 Å². The first kappa shape index (κ1) is 26.6. The van der Waals surface area contributed by atoms with Gasteiger partial charge in [0.15, 0.2) is 0 Å². The molecule has 2 aromatic carbocycles. The van der Waals surface area contributed by atoms with E-state index in [1.165, 1.54) is 11.1 Å². The van der Waals surface area contributed by atoms with Gasteiger partial charge in [0.2, 0.25) is 11.8 Å². The first-order valence-electron chi connectivity index (χ1n) is 11.0. The van der Waals surface area contributed by atoms with Crippen LogP contribution in [0.4, 0.5) is 0 Å². The smallest absolute Gasteiger partial charge is 0.242 e. The number of hydrogen-bond acceptors (Lipinski definition) is 3. The monoisotopic (exact) mass is 494 g/mol. The number of hydrogen-bond donors (Lipinski definition) is 1. The Morgan fingerprint density at radius 3 is 2.56 bits per heavy atom. The van der Waals surface area contributed by atoms with Crippen LogP contribution in [0.25, 0.3) is 0 Å². The minimum Gasteiger partial charge on any atom is -0.354 e. The van der Waals surface area contributed by atoms with Crippen molar-refractivity contribution in [2.75, 3.05) is 12.3 Å². The lowest BCUT2D eigenvalue weighted by Gasteiger charge is -2.31. The second-order valence-electron chi connectivity index (χ2n) is 7.81. The fourth-order valence-corrected chi connectivity index (χ4v) is 4.73. The van der Waals surface area contributed by atoms with Crippen molar-refractivity contribution < 1.29 is 9.59 Å². The molecule has 0 fully saturated rings. The van der Waals surface area contributed by atoms with E-state index >= 15 is 0 Å². The first-order valence-corrected chi connectivity index (χ1v) is 12.9. The van der Waals surface area contributed by atoms with Crippen molar-refractivity contribution in [2.24, 2.45) is 0 Å². The number of benzene rings is 2. The zero-order chi connectivity index (χ0) is 23.5. The zero-order valence-electron chi connectivity index (χ0n) is 19.0. The summed E-state index contributed by atoms with van der Waals surface area (Å²) in [7, 11) is 0. The summed E-state index contributed by atoms with van der Waals surface area (Å²) in [5.41, 5.74) is 3.15. The number of amides is 2. The standard InChI is InChI=1S/C25H32Cl2N2O2S/c1-4-6-12-28-25(31)23(5-2)29(15-20-10-11-21(26)14-22(20)27)24(30)17-32-16-19-9-7-8-18(3)13-19/h7-11,13-14,23H,4-6,12,15-17H2,1-3H3,(H,28,31)/t23-/m1/s1. The van der Waals surface area contributed by atoms with Gasteiger partial charge in [0.25, 0.3) is 0 Å². The predicted molar refractivity (Wildman–Crippen MR) is 136 cm³/mol. The van der Waals surface area contributed by atoms with Crippen LogP contribution in [0, 0.1) is 6.92 Å². The van der Waals surface area contributed by atoms with E-state index in [9.17, 15) is 9.59 Å². The number of unbranched alkanes of at least 4 members (excludes halogenated alkanes) is 1. The molecule has 2 rings (SSSR count). The van der Waals surface area contributed by atoms with Gasteiger partial charge in [0.05, 0.1) is 5.75 Å². The molecule has 0 aromatic heterocycles. The van der Waals surface area contributed by atoms with Crippen LogP contribution in [0.3, 0.4) is 0 Å². The molecule has 0 radical (unpaired) electrons. The molecular weight excluding hydrogens is 463 g/mol. The van der Waals surface area contributed by atoms with Gasteiger partial charge in [0, 0.05) is 28.9 Å². The van der Waals surface area contributed by atoms with Crippen molar-refractivity contribution in [1.29, 1.82) is 0 Å². The molecule has 32 heavy (non-hydrogen) atoms. The Kier molecular flexibility index (Phi) is 11.4. The number of aryl methyl sites for hydroxylation is 1. The lowest BCUT2D eigenvalue weighted by Crippen LogP contribution is -2.49. The number of carbonyl (C=O) groups excluding carboxylic acids is 2. The Morgan fingerprint density at radius 2 is 1.91 bits per heavy atom. The highest BCUT2D eigenvalue weighted by molar-refractivity contribution is 7.99. The number of carbonyl (C=O) groups is 2. The van der Waals surface area contributed by atoms with Gasteiger partial charge < -0.3 is 10.2 Å². The van der Waals surface area contributed by atoms with E-state index < -0.39 is 6.04 Å². The normalized spacial score (nSPS) is 11.8. The maximum absolute atomic E-state index is 13.3. The van der Waals surface area contributed by atoms with E-state index in [4.69, 9.17) is 23.2 Å².